The number of aliphatic imine (C=N–C) groups is 1. The summed E-state index contributed by atoms with van der Waals surface area (Å²) in [6.45, 7) is 10.9. The normalized spacial score (nSPS) is 16.5. The zero-order valence-corrected chi connectivity index (χ0v) is 16.5. The summed E-state index contributed by atoms with van der Waals surface area (Å²) in [5, 5.41) is 11.0. The molecular formula is C19H35N5O. The van der Waals surface area contributed by atoms with E-state index in [-0.39, 0.29) is 0 Å². The third-order valence-corrected chi connectivity index (χ3v) is 5.10. The summed E-state index contributed by atoms with van der Waals surface area (Å²) in [6.07, 6.45) is 4.84. The molecule has 1 fully saturated rings. The molecule has 142 valence electrons. The lowest BCUT2D eigenvalue weighted by molar-refractivity contribution is 0.247. The number of rotatable bonds is 10. The summed E-state index contributed by atoms with van der Waals surface area (Å²) in [5.41, 5.74) is 1.05. The highest BCUT2D eigenvalue weighted by molar-refractivity contribution is 5.79. The first-order chi connectivity index (χ1) is 12.1. The van der Waals surface area contributed by atoms with Gasteiger partial charge in [0, 0.05) is 37.2 Å². The van der Waals surface area contributed by atoms with Gasteiger partial charge in [0.1, 0.15) is 6.54 Å². The van der Waals surface area contributed by atoms with Crippen LogP contribution in [0.2, 0.25) is 0 Å². The lowest BCUT2D eigenvalue weighted by Gasteiger charge is -2.25. The molecule has 0 aromatic carbocycles. The van der Waals surface area contributed by atoms with Gasteiger partial charge in [-0.05, 0) is 46.6 Å². The minimum atomic E-state index is 0.478. The van der Waals surface area contributed by atoms with Crippen LogP contribution in [0, 0.1) is 0 Å². The van der Waals surface area contributed by atoms with Gasteiger partial charge in [0.15, 0.2) is 11.7 Å². The molecule has 1 heterocycles. The first kappa shape index (κ1) is 19.8. The number of likely N-dealkylation sites (N-methyl/N-ethyl adjacent to an activating group) is 1. The Morgan fingerprint density at radius 2 is 2.04 bits per heavy atom. The molecule has 1 unspecified atom stereocenters. The minimum Gasteiger partial charge on any atom is -0.359 e. The number of aromatic nitrogens is 1. The number of guanidine groups is 1. The van der Waals surface area contributed by atoms with E-state index in [1.165, 1.54) is 12.8 Å². The Bertz CT molecular complexity index is 534. The van der Waals surface area contributed by atoms with Gasteiger partial charge >= 0.3 is 0 Å². The number of nitrogens with one attached hydrogen (secondary N) is 2. The van der Waals surface area contributed by atoms with E-state index in [1.54, 1.807) is 0 Å². The van der Waals surface area contributed by atoms with Crippen molar-refractivity contribution in [2.45, 2.75) is 77.9 Å². The van der Waals surface area contributed by atoms with Gasteiger partial charge in [-0.2, -0.15) is 0 Å². The Morgan fingerprint density at radius 3 is 2.64 bits per heavy atom. The van der Waals surface area contributed by atoms with Crippen molar-refractivity contribution in [2.75, 3.05) is 20.1 Å². The molecule has 1 aromatic rings. The van der Waals surface area contributed by atoms with E-state index < -0.39 is 0 Å². The number of nitrogens with zero attached hydrogens (tertiary/aromatic N) is 3. The fraction of sp³-hybridized carbons (Fsp3) is 0.789. The lowest BCUT2D eigenvalue weighted by Crippen LogP contribution is -2.45. The highest BCUT2D eigenvalue weighted by Gasteiger charge is 2.28. The largest absolute Gasteiger partial charge is 0.359 e. The van der Waals surface area contributed by atoms with Crippen molar-refractivity contribution in [1.29, 1.82) is 0 Å². The van der Waals surface area contributed by atoms with Gasteiger partial charge in [-0.25, -0.2) is 4.99 Å². The molecular weight excluding hydrogens is 314 g/mol. The van der Waals surface area contributed by atoms with Gasteiger partial charge in [-0.1, -0.05) is 19.0 Å². The summed E-state index contributed by atoms with van der Waals surface area (Å²) >= 11 is 0. The molecule has 2 rings (SSSR count). The SMILES string of the molecule is CCNC(=NCc1cc(C(CC)CC)no1)NCC(C)N(C)C1CC1. The average molecular weight is 350 g/mol. The zero-order chi connectivity index (χ0) is 18.2. The molecule has 0 spiro atoms. The molecule has 2 N–H and O–H groups in total. The van der Waals surface area contributed by atoms with Crippen molar-refractivity contribution in [2.24, 2.45) is 4.99 Å². The second-order valence-corrected chi connectivity index (χ2v) is 7.05. The fourth-order valence-electron chi connectivity index (χ4n) is 3.03. The van der Waals surface area contributed by atoms with E-state index in [2.05, 4.69) is 60.4 Å². The summed E-state index contributed by atoms with van der Waals surface area (Å²) in [5.74, 6) is 2.13. The van der Waals surface area contributed by atoms with Gasteiger partial charge in [0.2, 0.25) is 0 Å². The smallest absolute Gasteiger partial charge is 0.191 e. The molecule has 1 saturated carbocycles. The van der Waals surface area contributed by atoms with Gasteiger partial charge in [0.05, 0.1) is 5.69 Å². The third-order valence-electron chi connectivity index (χ3n) is 5.10. The van der Waals surface area contributed by atoms with E-state index >= 15 is 0 Å². The highest BCUT2D eigenvalue weighted by Crippen LogP contribution is 2.26. The van der Waals surface area contributed by atoms with E-state index in [0.29, 0.717) is 18.5 Å². The van der Waals surface area contributed by atoms with E-state index in [9.17, 15) is 0 Å². The maximum atomic E-state index is 5.46. The van der Waals surface area contributed by atoms with Gasteiger partial charge < -0.3 is 15.2 Å². The van der Waals surface area contributed by atoms with Gasteiger partial charge in [0.25, 0.3) is 0 Å². The first-order valence-electron chi connectivity index (χ1n) is 9.78. The molecule has 6 heteroatoms. The van der Waals surface area contributed by atoms with Crippen LogP contribution in [0.5, 0.6) is 0 Å². The van der Waals surface area contributed by atoms with Crippen LogP contribution >= 0.6 is 0 Å². The van der Waals surface area contributed by atoms with Crippen LogP contribution in [-0.2, 0) is 6.54 Å². The third kappa shape index (κ3) is 6.03. The van der Waals surface area contributed by atoms with Gasteiger partial charge in [-0.3, -0.25) is 4.90 Å². The highest BCUT2D eigenvalue weighted by atomic mass is 16.5. The molecule has 1 aromatic heterocycles. The molecule has 0 radical (unpaired) electrons. The summed E-state index contributed by atoms with van der Waals surface area (Å²) in [6, 6.07) is 3.31. The van der Waals surface area contributed by atoms with Crippen LogP contribution in [0.25, 0.3) is 0 Å². The predicted octanol–water partition coefficient (Wildman–Crippen LogP) is 3.12. The molecule has 1 aliphatic carbocycles. The van der Waals surface area contributed by atoms with Crippen LogP contribution < -0.4 is 10.6 Å². The summed E-state index contributed by atoms with van der Waals surface area (Å²) in [4.78, 5) is 7.10. The van der Waals surface area contributed by atoms with Crippen molar-refractivity contribution in [1.82, 2.24) is 20.7 Å². The lowest BCUT2D eigenvalue weighted by atomic mass is 9.99. The minimum absolute atomic E-state index is 0.478. The Hall–Kier alpha value is -1.56. The average Bonchev–Trinajstić information content (AvgIpc) is 3.37. The van der Waals surface area contributed by atoms with Crippen molar-refractivity contribution in [3.05, 3.63) is 17.5 Å². The predicted molar refractivity (Wildman–Crippen MR) is 103 cm³/mol. The van der Waals surface area contributed by atoms with Gasteiger partial charge in [-0.15, -0.1) is 0 Å². The molecule has 1 aliphatic rings. The van der Waals surface area contributed by atoms with Crippen molar-refractivity contribution >= 4 is 5.96 Å². The summed E-state index contributed by atoms with van der Waals surface area (Å²) in [7, 11) is 2.21. The maximum absolute atomic E-state index is 5.46. The van der Waals surface area contributed by atoms with E-state index in [0.717, 1.165) is 49.4 Å². The number of hydrogen-bond donors (Lipinski definition) is 2. The second-order valence-electron chi connectivity index (χ2n) is 7.05. The maximum Gasteiger partial charge on any atom is 0.191 e. The van der Waals surface area contributed by atoms with Crippen LogP contribution in [0.15, 0.2) is 15.6 Å². The fourth-order valence-corrected chi connectivity index (χ4v) is 3.03. The van der Waals surface area contributed by atoms with Crippen molar-refractivity contribution < 1.29 is 4.52 Å². The van der Waals surface area contributed by atoms with Crippen LogP contribution in [0.1, 0.15) is 70.8 Å². The molecule has 1 atom stereocenters. The number of hydrogen-bond acceptors (Lipinski definition) is 4. The quantitative estimate of drug-likeness (QED) is 0.502. The van der Waals surface area contributed by atoms with Crippen molar-refractivity contribution in [3.63, 3.8) is 0 Å². The molecule has 0 aliphatic heterocycles. The van der Waals surface area contributed by atoms with Crippen LogP contribution in [-0.4, -0.2) is 48.2 Å². The Kier molecular flexibility index (Phi) is 7.75. The summed E-state index contributed by atoms with van der Waals surface area (Å²) < 4.78 is 5.46. The molecule has 6 nitrogen and oxygen atoms in total. The molecule has 0 saturated heterocycles. The zero-order valence-electron chi connectivity index (χ0n) is 16.5. The molecule has 0 bridgehead atoms. The molecule has 25 heavy (non-hydrogen) atoms. The first-order valence-corrected chi connectivity index (χ1v) is 9.78. The standard InChI is InChI=1S/C19H35N5O/c1-6-15(7-2)18-11-17(25-23-18)13-22-19(20-8-3)21-12-14(4)24(5)16-9-10-16/h11,14-16H,6-10,12-13H2,1-5H3,(H2,20,21,22). The topological polar surface area (TPSA) is 65.7 Å². The monoisotopic (exact) mass is 349 g/mol. The molecule has 0 amide bonds. The second kappa shape index (κ2) is 9.80. The van der Waals surface area contributed by atoms with E-state index in [4.69, 9.17) is 4.52 Å². The van der Waals surface area contributed by atoms with E-state index in [1.807, 2.05) is 6.07 Å². The Labute approximate surface area is 152 Å². The van der Waals surface area contributed by atoms with Crippen molar-refractivity contribution in [3.8, 4) is 0 Å². The van der Waals surface area contributed by atoms with Crippen LogP contribution in [0.4, 0.5) is 0 Å². The Morgan fingerprint density at radius 1 is 1.32 bits per heavy atom. The van der Waals surface area contributed by atoms with Crippen LogP contribution in [0.3, 0.4) is 0 Å². The Balaban J connectivity index is 1.88.